The number of furan rings is 1. The Morgan fingerprint density at radius 2 is 2.08 bits per heavy atom. The van der Waals surface area contributed by atoms with Gasteiger partial charge in [0.1, 0.15) is 5.76 Å². The number of rotatable bonds is 6. The van der Waals surface area contributed by atoms with Gasteiger partial charge in [-0.3, -0.25) is 9.89 Å². The Morgan fingerprint density at radius 3 is 2.72 bits per heavy atom. The van der Waals surface area contributed by atoms with Gasteiger partial charge in [-0.2, -0.15) is 0 Å². The van der Waals surface area contributed by atoms with Crippen molar-refractivity contribution in [2.75, 3.05) is 26.2 Å². The van der Waals surface area contributed by atoms with Gasteiger partial charge >= 0.3 is 0 Å². The second kappa shape index (κ2) is 9.25. The smallest absolute Gasteiger partial charge is 0.191 e. The van der Waals surface area contributed by atoms with Crippen molar-refractivity contribution in [2.45, 2.75) is 63.6 Å². The van der Waals surface area contributed by atoms with E-state index in [4.69, 9.17) is 9.41 Å². The van der Waals surface area contributed by atoms with Crippen LogP contribution in [0.15, 0.2) is 27.8 Å². The van der Waals surface area contributed by atoms with Crippen molar-refractivity contribution in [3.05, 3.63) is 24.2 Å². The highest BCUT2D eigenvalue weighted by Crippen LogP contribution is 2.26. The maximum absolute atomic E-state index is 9.68. The minimum atomic E-state index is -0.129. The molecule has 1 aliphatic heterocycles. The van der Waals surface area contributed by atoms with Gasteiger partial charge in [0.05, 0.1) is 25.0 Å². The highest BCUT2D eigenvalue weighted by Gasteiger charge is 2.26. The van der Waals surface area contributed by atoms with Crippen molar-refractivity contribution in [1.82, 2.24) is 15.5 Å². The van der Waals surface area contributed by atoms with Gasteiger partial charge in [0.2, 0.25) is 0 Å². The molecule has 6 heteroatoms. The van der Waals surface area contributed by atoms with Crippen molar-refractivity contribution in [1.29, 1.82) is 0 Å². The lowest BCUT2D eigenvalue weighted by Crippen LogP contribution is -2.45. The average Bonchev–Trinajstić information content (AvgIpc) is 3.31. The predicted octanol–water partition coefficient (Wildman–Crippen LogP) is 2.28. The summed E-state index contributed by atoms with van der Waals surface area (Å²) in [4.78, 5) is 7.33. The average molecular weight is 348 g/mol. The molecular weight excluding hydrogens is 316 g/mol. The van der Waals surface area contributed by atoms with E-state index >= 15 is 0 Å². The maximum atomic E-state index is 9.68. The van der Waals surface area contributed by atoms with E-state index in [9.17, 15) is 5.11 Å². The van der Waals surface area contributed by atoms with Crippen LogP contribution < -0.4 is 10.6 Å². The van der Waals surface area contributed by atoms with Gasteiger partial charge in [-0.1, -0.05) is 0 Å². The number of aliphatic hydroxyl groups is 1. The summed E-state index contributed by atoms with van der Waals surface area (Å²) >= 11 is 0. The summed E-state index contributed by atoms with van der Waals surface area (Å²) in [6.45, 7) is 5.86. The quantitative estimate of drug-likeness (QED) is 0.543. The van der Waals surface area contributed by atoms with Gasteiger partial charge in [-0.25, -0.2) is 0 Å². The van der Waals surface area contributed by atoms with Crippen LogP contribution >= 0.6 is 0 Å². The Bertz CT molecular complexity index is 518. The topological polar surface area (TPSA) is 73.0 Å². The first-order valence-corrected chi connectivity index (χ1v) is 9.76. The van der Waals surface area contributed by atoms with E-state index in [-0.39, 0.29) is 12.1 Å². The van der Waals surface area contributed by atoms with E-state index in [1.807, 2.05) is 6.07 Å². The van der Waals surface area contributed by atoms with Crippen LogP contribution in [0.3, 0.4) is 0 Å². The van der Waals surface area contributed by atoms with Crippen molar-refractivity contribution in [3.8, 4) is 0 Å². The molecule has 1 atom stereocenters. The van der Waals surface area contributed by atoms with Gasteiger partial charge in [0.15, 0.2) is 5.96 Å². The highest BCUT2D eigenvalue weighted by molar-refractivity contribution is 5.80. The molecule has 0 amide bonds. The summed E-state index contributed by atoms with van der Waals surface area (Å²) in [6.07, 6.45) is 7.88. The predicted molar refractivity (Wildman–Crippen MR) is 99.6 cm³/mol. The zero-order valence-corrected chi connectivity index (χ0v) is 15.3. The molecule has 3 N–H and O–H groups in total. The Kier molecular flexibility index (Phi) is 6.76. The number of likely N-dealkylation sites (tertiary alicyclic amines) is 1. The molecule has 0 spiro atoms. The van der Waals surface area contributed by atoms with Gasteiger partial charge in [0.25, 0.3) is 0 Å². The second-order valence-electron chi connectivity index (χ2n) is 7.14. The summed E-state index contributed by atoms with van der Waals surface area (Å²) in [6, 6.07) is 4.62. The molecule has 0 bridgehead atoms. The second-order valence-corrected chi connectivity index (χ2v) is 7.14. The summed E-state index contributed by atoms with van der Waals surface area (Å²) < 4.78 is 5.68. The molecule has 25 heavy (non-hydrogen) atoms. The van der Waals surface area contributed by atoms with E-state index in [1.54, 1.807) is 6.26 Å². The standard InChI is InChI=1S/C19H32N4O2/c1-2-20-19(22-15-7-9-16(24)10-8-15)21-14-17(18-6-5-13-25-18)23-11-3-4-12-23/h5-6,13,15-17,24H,2-4,7-12,14H2,1H3,(H2,20,21,22). The van der Waals surface area contributed by atoms with Crippen LogP contribution in [0.5, 0.6) is 0 Å². The lowest BCUT2D eigenvalue weighted by molar-refractivity contribution is 0.120. The molecular formula is C19H32N4O2. The van der Waals surface area contributed by atoms with Gasteiger partial charge in [-0.05, 0) is 70.7 Å². The van der Waals surface area contributed by atoms with Crippen LogP contribution in [0.25, 0.3) is 0 Å². The zero-order valence-electron chi connectivity index (χ0n) is 15.3. The van der Waals surface area contributed by atoms with Crippen LogP contribution in [-0.4, -0.2) is 54.3 Å². The highest BCUT2D eigenvalue weighted by atomic mass is 16.3. The minimum absolute atomic E-state index is 0.129. The monoisotopic (exact) mass is 348 g/mol. The number of aliphatic imine (C=N–C) groups is 1. The fourth-order valence-electron chi connectivity index (χ4n) is 3.83. The minimum Gasteiger partial charge on any atom is -0.468 e. The van der Waals surface area contributed by atoms with Gasteiger partial charge in [0, 0.05) is 12.6 Å². The molecule has 1 saturated heterocycles. The number of nitrogens with one attached hydrogen (secondary N) is 2. The summed E-state index contributed by atoms with van der Waals surface area (Å²) in [7, 11) is 0. The first-order chi connectivity index (χ1) is 12.3. The van der Waals surface area contributed by atoms with Crippen molar-refractivity contribution < 1.29 is 9.52 Å². The number of aliphatic hydroxyl groups excluding tert-OH is 1. The van der Waals surface area contributed by atoms with Crippen LogP contribution in [0, 0.1) is 0 Å². The third kappa shape index (κ3) is 5.22. The zero-order chi connectivity index (χ0) is 17.5. The molecule has 1 aliphatic carbocycles. The van der Waals surface area contributed by atoms with E-state index < -0.39 is 0 Å². The summed E-state index contributed by atoms with van der Waals surface area (Å²) in [5.41, 5.74) is 0. The molecule has 1 aromatic heterocycles. The molecule has 140 valence electrons. The van der Waals surface area contributed by atoms with Crippen molar-refractivity contribution in [3.63, 3.8) is 0 Å². The molecule has 3 rings (SSSR count). The Labute approximate surface area is 150 Å². The van der Waals surface area contributed by atoms with Crippen LogP contribution in [0.1, 0.15) is 57.3 Å². The number of nitrogens with zero attached hydrogens (tertiary/aromatic N) is 2. The maximum Gasteiger partial charge on any atom is 0.191 e. The molecule has 0 radical (unpaired) electrons. The number of hydrogen-bond donors (Lipinski definition) is 3. The third-order valence-corrected chi connectivity index (χ3v) is 5.26. The molecule has 1 aromatic rings. The SMILES string of the molecule is CCNC(=NCC(c1ccco1)N1CCCC1)NC1CCC(O)CC1. The Balaban J connectivity index is 1.63. The van der Waals surface area contributed by atoms with Crippen molar-refractivity contribution in [2.24, 2.45) is 4.99 Å². The Hall–Kier alpha value is -1.53. The lowest BCUT2D eigenvalue weighted by Gasteiger charge is -2.28. The van der Waals surface area contributed by atoms with Crippen LogP contribution in [-0.2, 0) is 0 Å². The third-order valence-electron chi connectivity index (χ3n) is 5.26. The van der Waals surface area contributed by atoms with E-state index in [0.717, 1.165) is 57.0 Å². The van der Waals surface area contributed by atoms with E-state index in [1.165, 1.54) is 12.8 Å². The van der Waals surface area contributed by atoms with E-state index in [2.05, 4.69) is 28.5 Å². The normalized spacial score (nSPS) is 26.6. The lowest BCUT2D eigenvalue weighted by atomic mass is 9.93. The molecule has 2 aliphatic rings. The fourth-order valence-corrected chi connectivity index (χ4v) is 3.83. The van der Waals surface area contributed by atoms with Crippen LogP contribution in [0.4, 0.5) is 0 Å². The summed E-state index contributed by atoms with van der Waals surface area (Å²) in [5.74, 6) is 1.88. The molecule has 1 saturated carbocycles. The largest absolute Gasteiger partial charge is 0.468 e. The van der Waals surface area contributed by atoms with Gasteiger partial charge in [-0.15, -0.1) is 0 Å². The summed E-state index contributed by atoms with van der Waals surface area (Å²) in [5, 5.41) is 16.6. The van der Waals surface area contributed by atoms with E-state index in [0.29, 0.717) is 12.6 Å². The molecule has 6 nitrogen and oxygen atoms in total. The molecule has 2 fully saturated rings. The fraction of sp³-hybridized carbons (Fsp3) is 0.737. The van der Waals surface area contributed by atoms with Crippen molar-refractivity contribution >= 4 is 5.96 Å². The molecule has 2 heterocycles. The first-order valence-electron chi connectivity index (χ1n) is 9.76. The number of hydrogen-bond acceptors (Lipinski definition) is 4. The molecule has 0 aromatic carbocycles. The molecule has 1 unspecified atom stereocenters. The Morgan fingerprint density at radius 1 is 1.32 bits per heavy atom. The first kappa shape index (κ1) is 18.3. The number of guanidine groups is 1. The van der Waals surface area contributed by atoms with Crippen LogP contribution in [0.2, 0.25) is 0 Å². The van der Waals surface area contributed by atoms with Gasteiger partial charge < -0.3 is 20.2 Å².